The molecule has 1 aliphatic rings. The zero-order valence-corrected chi connectivity index (χ0v) is 12.5. The van der Waals surface area contributed by atoms with E-state index in [0.29, 0.717) is 18.1 Å². The van der Waals surface area contributed by atoms with Gasteiger partial charge in [-0.2, -0.15) is 0 Å². The van der Waals surface area contributed by atoms with Crippen molar-refractivity contribution in [3.05, 3.63) is 35.1 Å². The predicted octanol–water partition coefficient (Wildman–Crippen LogP) is 2.94. The molecule has 0 bridgehead atoms. The fourth-order valence-electron chi connectivity index (χ4n) is 2.72. The first kappa shape index (κ1) is 14.1. The Morgan fingerprint density at radius 3 is 2.71 bits per heavy atom. The van der Waals surface area contributed by atoms with Crippen LogP contribution in [0.5, 0.6) is 0 Å². The third-order valence-corrected chi connectivity index (χ3v) is 4.30. The van der Waals surface area contributed by atoms with Crippen LogP contribution in [0.15, 0.2) is 22.6 Å². The lowest BCUT2D eigenvalue weighted by molar-refractivity contribution is 0.0898. The molecule has 4 heteroatoms. The summed E-state index contributed by atoms with van der Waals surface area (Å²) in [6, 6.07) is 5.85. The van der Waals surface area contributed by atoms with Crippen LogP contribution in [0.25, 0.3) is 11.0 Å². The van der Waals surface area contributed by atoms with Gasteiger partial charge in [-0.25, -0.2) is 0 Å². The highest BCUT2D eigenvalue weighted by Crippen LogP contribution is 2.34. The second-order valence-corrected chi connectivity index (χ2v) is 6.01. The third kappa shape index (κ3) is 2.95. The molecule has 0 aliphatic heterocycles. The van der Waals surface area contributed by atoms with Crippen LogP contribution in [0.4, 0.5) is 0 Å². The molecule has 21 heavy (non-hydrogen) atoms. The van der Waals surface area contributed by atoms with Crippen LogP contribution in [0.2, 0.25) is 0 Å². The Bertz CT molecular complexity index is 631. The largest absolute Gasteiger partial charge is 0.451 e. The standard InChI is InChI=1S/C17H21NO3/c1-10-7-13-9-16(21-15(13)8-11(10)2)17(20)18-14(5-6-19)12-3-4-12/h7-9,12,14,19H,3-6H2,1-2H3,(H,18,20). The van der Waals surface area contributed by atoms with E-state index in [1.807, 2.05) is 26.0 Å². The highest BCUT2D eigenvalue weighted by molar-refractivity contribution is 5.96. The molecule has 1 aliphatic carbocycles. The smallest absolute Gasteiger partial charge is 0.287 e. The Labute approximate surface area is 124 Å². The molecule has 0 saturated heterocycles. The molecule has 4 nitrogen and oxygen atoms in total. The number of carbonyl (C=O) groups is 1. The van der Waals surface area contributed by atoms with E-state index in [0.717, 1.165) is 29.4 Å². The molecule has 1 atom stereocenters. The summed E-state index contributed by atoms with van der Waals surface area (Å²) in [7, 11) is 0. The van der Waals surface area contributed by atoms with Gasteiger partial charge in [0.2, 0.25) is 0 Å². The SMILES string of the molecule is Cc1cc2cc(C(=O)NC(CCO)C3CC3)oc2cc1C. The maximum Gasteiger partial charge on any atom is 0.287 e. The summed E-state index contributed by atoms with van der Waals surface area (Å²) in [6.07, 6.45) is 2.86. The topological polar surface area (TPSA) is 62.5 Å². The van der Waals surface area contributed by atoms with E-state index in [1.54, 1.807) is 6.07 Å². The van der Waals surface area contributed by atoms with Gasteiger partial charge in [0.05, 0.1) is 0 Å². The lowest BCUT2D eigenvalue weighted by Crippen LogP contribution is -2.36. The fraction of sp³-hybridized carbons (Fsp3) is 0.471. The minimum atomic E-state index is -0.188. The van der Waals surface area contributed by atoms with Crippen molar-refractivity contribution in [1.29, 1.82) is 0 Å². The number of hydrogen-bond donors (Lipinski definition) is 2. The van der Waals surface area contributed by atoms with Crippen molar-refractivity contribution >= 4 is 16.9 Å². The zero-order chi connectivity index (χ0) is 15.0. The molecule has 2 N–H and O–H groups in total. The van der Waals surface area contributed by atoms with E-state index in [9.17, 15) is 4.79 Å². The molecule has 1 saturated carbocycles. The Hall–Kier alpha value is -1.81. The average molecular weight is 287 g/mol. The van der Waals surface area contributed by atoms with Crippen LogP contribution in [-0.2, 0) is 0 Å². The number of aryl methyl sites for hydroxylation is 2. The van der Waals surface area contributed by atoms with Crippen molar-refractivity contribution in [3.63, 3.8) is 0 Å². The van der Waals surface area contributed by atoms with Gasteiger partial charge in [0.1, 0.15) is 5.58 Å². The molecule has 0 radical (unpaired) electrons. The molecule has 2 aromatic rings. The van der Waals surface area contributed by atoms with E-state index in [2.05, 4.69) is 5.32 Å². The van der Waals surface area contributed by atoms with Crippen LogP contribution >= 0.6 is 0 Å². The van der Waals surface area contributed by atoms with E-state index >= 15 is 0 Å². The van der Waals surface area contributed by atoms with Crippen molar-refractivity contribution in [1.82, 2.24) is 5.32 Å². The fourth-order valence-corrected chi connectivity index (χ4v) is 2.72. The number of aliphatic hydroxyl groups is 1. The first-order valence-corrected chi connectivity index (χ1v) is 7.51. The van der Waals surface area contributed by atoms with Gasteiger partial charge in [0.25, 0.3) is 5.91 Å². The number of fused-ring (bicyclic) bond motifs is 1. The van der Waals surface area contributed by atoms with Gasteiger partial charge in [0, 0.05) is 18.0 Å². The number of furan rings is 1. The molecule has 0 spiro atoms. The molecule has 1 aromatic heterocycles. The number of carbonyl (C=O) groups excluding carboxylic acids is 1. The molecule has 1 amide bonds. The first-order valence-electron chi connectivity index (χ1n) is 7.51. The molecule has 1 unspecified atom stereocenters. The van der Waals surface area contributed by atoms with Crippen molar-refractivity contribution in [2.45, 2.75) is 39.2 Å². The third-order valence-electron chi connectivity index (χ3n) is 4.30. The maximum atomic E-state index is 12.3. The van der Waals surface area contributed by atoms with Crippen LogP contribution in [0, 0.1) is 19.8 Å². The summed E-state index contributed by atoms with van der Waals surface area (Å²) in [5.74, 6) is 0.667. The highest BCUT2D eigenvalue weighted by atomic mass is 16.3. The van der Waals surface area contributed by atoms with Gasteiger partial charge in [-0.05, 0) is 68.4 Å². The number of nitrogens with one attached hydrogen (secondary N) is 1. The minimum absolute atomic E-state index is 0.0548. The van der Waals surface area contributed by atoms with Crippen LogP contribution < -0.4 is 5.32 Å². The molecule has 1 fully saturated rings. The average Bonchev–Trinajstić information content (AvgIpc) is 3.21. The summed E-state index contributed by atoms with van der Waals surface area (Å²) in [6.45, 7) is 4.17. The van der Waals surface area contributed by atoms with Gasteiger partial charge in [-0.3, -0.25) is 4.79 Å². The van der Waals surface area contributed by atoms with Gasteiger partial charge in [-0.15, -0.1) is 0 Å². The van der Waals surface area contributed by atoms with Gasteiger partial charge < -0.3 is 14.8 Å². The number of hydrogen-bond acceptors (Lipinski definition) is 3. The van der Waals surface area contributed by atoms with E-state index in [1.165, 1.54) is 5.56 Å². The van der Waals surface area contributed by atoms with E-state index < -0.39 is 0 Å². The van der Waals surface area contributed by atoms with E-state index in [-0.39, 0.29) is 18.6 Å². The molecular weight excluding hydrogens is 266 g/mol. The second kappa shape index (κ2) is 5.53. The molecule has 1 aromatic carbocycles. The number of rotatable bonds is 5. The monoisotopic (exact) mass is 287 g/mol. The summed E-state index contributed by atoms with van der Waals surface area (Å²) < 4.78 is 5.67. The summed E-state index contributed by atoms with van der Waals surface area (Å²) in [5.41, 5.74) is 3.08. The number of aliphatic hydroxyl groups excluding tert-OH is 1. The Morgan fingerprint density at radius 2 is 2.05 bits per heavy atom. The van der Waals surface area contributed by atoms with Crippen molar-refractivity contribution in [3.8, 4) is 0 Å². The molecule has 1 heterocycles. The first-order chi connectivity index (χ1) is 10.1. The van der Waals surface area contributed by atoms with Crippen LogP contribution in [-0.4, -0.2) is 23.7 Å². The second-order valence-electron chi connectivity index (χ2n) is 6.01. The van der Waals surface area contributed by atoms with Crippen LogP contribution in [0.1, 0.15) is 40.9 Å². The van der Waals surface area contributed by atoms with Gasteiger partial charge in [-0.1, -0.05) is 0 Å². The lowest BCUT2D eigenvalue weighted by Gasteiger charge is -2.15. The summed E-state index contributed by atoms with van der Waals surface area (Å²) in [4.78, 5) is 12.3. The summed E-state index contributed by atoms with van der Waals surface area (Å²) in [5, 5.41) is 13.0. The highest BCUT2D eigenvalue weighted by Gasteiger charge is 2.32. The van der Waals surface area contributed by atoms with Gasteiger partial charge >= 0.3 is 0 Å². The number of benzene rings is 1. The van der Waals surface area contributed by atoms with E-state index in [4.69, 9.17) is 9.52 Å². The lowest BCUT2D eigenvalue weighted by atomic mass is 10.1. The zero-order valence-electron chi connectivity index (χ0n) is 12.5. The number of amides is 1. The minimum Gasteiger partial charge on any atom is -0.451 e. The Kier molecular flexibility index (Phi) is 3.72. The molecule has 112 valence electrons. The van der Waals surface area contributed by atoms with Crippen molar-refractivity contribution in [2.75, 3.05) is 6.61 Å². The van der Waals surface area contributed by atoms with Crippen molar-refractivity contribution < 1.29 is 14.3 Å². The quantitative estimate of drug-likeness (QED) is 0.888. The normalized spacial score (nSPS) is 16.1. The van der Waals surface area contributed by atoms with Gasteiger partial charge in [0.15, 0.2) is 5.76 Å². The van der Waals surface area contributed by atoms with Crippen molar-refractivity contribution in [2.24, 2.45) is 5.92 Å². The Balaban J connectivity index is 1.80. The summed E-state index contributed by atoms with van der Waals surface area (Å²) >= 11 is 0. The maximum absolute atomic E-state index is 12.3. The molecular formula is C17H21NO3. The molecule has 3 rings (SSSR count). The van der Waals surface area contributed by atoms with Crippen LogP contribution in [0.3, 0.4) is 0 Å². The predicted molar refractivity (Wildman–Crippen MR) is 81.4 cm³/mol. The Morgan fingerprint density at radius 1 is 1.33 bits per heavy atom.